The third-order valence-corrected chi connectivity index (χ3v) is 6.82. The molecular formula is C24H27ClN4O2S. The minimum atomic E-state index is -0.0398. The smallest absolute Gasteiger partial charge is 0.262 e. The molecule has 0 aliphatic carbocycles. The van der Waals surface area contributed by atoms with E-state index < -0.39 is 0 Å². The molecule has 1 aliphatic rings. The summed E-state index contributed by atoms with van der Waals surface area (Å²) in [5.74, 6) is 0.367. The van der Waals surface area contributed by atoms with Crippen LogP contribution >= 0.6 is 23.4 Å². The molecule has 1 saturated heterocycles. The number of piperazine rings is 1. The summed E-state index contributed by atoms with van der Waals surface area (Å²) < 4.78 is 1.70. The third kappa shape index (κ3) is 5.34. The molecule has 3 aromatic rings. The van der Waals surface area contributed by atoms with Crippen LogP contribution in [0.15, 0.2) is 58.5 Å². The molecule has 0 spiro atoms. The number of fused-ring (bicyclic) bond motifs is 1. The first-order valence-corrected chi connectivity index (χ1v) is 12.3. The Morgan fingerprint density at radius 3 is 2.62 bits per heavy atom. The number of amides is 1. The van der Waals surface area contributed by atoms with Gasteiger partial charge in [-0.15, -0.1) is 0 Å². The maximum atomic E-state index is 12.9. The van der Waals surface area contributed by atoms with Gasteiger partial charge < -0.3 is 4.90 Å². The molecule has 1 aromatic heterocycles. The van der Waals surface area contributed by atoms with Gasteiger partial charge in [0, 0.05) is 44.3 Å². The monoisotopic (exact) mass is 470 g/mol. The van der Waals surface area contributed by atoms with Gasteiger partial charge in [0.05, 0.1) is 16.7 Å². The van der Waals surface area contributed by atoms with E-state index in [1.165, 1.54) is 17.3 Å². The molecule has 4 rings (SSSR count). The van der Waals surface area contributed by atoms with E-state index in [2.05, 4.69) is 16.0 Å². The first-order valence-electron chi connectivity index (χ1n) is 10.9. The Hall–Kier alpha value is -2.35. The maximum absolute atomic E-state index is 12.9. The molecule has 0 bridgehead atoms. The van der Waals surface area contributed by atoms with Gasteiger partial charge in [0.25, 0.3) is 5.56 Å². The zero-order chi connectivity index (χ0) is 22.5. The van der Waals surface area contributed by atoms with Crippen molar-refractivity contribution in [3.05, 3.63) is 69.5 Å². The fourth-order valence-electron chi connectivity index (χ4n) is 3.95. The van der Waals surface area contributed by atoms with Crippen LogP contribution in [-0.2, 0) is 17.9 Å². The van der Waals surface area contributed by atoms with Crippen molar-refractivity contribution in [3.63, 3.8) is 0 Å². The fourth-order valence-corrected chi connectivity index (χ4v) is 5.09. The molecular weight excluding hydrogens is 444 g/mol. The SMILES string of the molecule is CCCn1c(SCC(=O)N2CCN(Cc3cccc(Cl)c3)CC2)nc2ccccc2c1=O. The van der Waals surface area contributed by atoms with Gasteiger partial charge in [-0.1, -0.05) is 54.6 Å². The molecule has 168 valence electrons. The number of thioether (sulfide) groups is 1. The summed E-state index contributed by atoms with van der Waals surface area (Å²) in [7, 11) is 0. The van der Waals surface area contributed by atoms with Crippen LogP contribution in [0.4, 0.5) is 0 Å². The number of carbonyl (C=O) groups is 1. The second-order valence-electron chi connectivity index (χ2n) is 7.94. The lowest BCUT2D eigenvalue weighted by molar-refractivity contribution is -0.130. The molecule has 2 heterocycles. The van der Waals surface area contributed by atoms with Crippen molar-refractivity contribution < 1.29 is 4.79 Å². The predicted octanol–water partition coefficient (Wildman–Crippen LogP) is 3.90. The molecule has 1 aliphatic heterocycles. The molecule has 0 unspecified atom stereocenters. The zero-order valence-corrected chi connectivity index (χ0v) is 19.7. The van der Waals surface area contributed by atoms with Crippen molar-refractivity contribution in [1.29, 1.82) is 0 Å². The molecule has 1 fully saturated rings. The number of aromatic nitrogens is 2. The largest absolute Gasteiger partial charge is 0.339 e. The van der Waals surface area contributed by atoms with Gasteiger partial charge in [-0.05, 0) is 36.2 Å². The van der Waals surface area contributed by atoms with Crippen molar-refractivity contribution in [2.75, 3.05) is 31.9 Å². The van der Waals surface area contributed by atoms with Gasteiger partial charge in [-0.3, -0.25) is 19.1 Å². The second-order valence-corrected chi connectivity index (χ2v) is 9.32. The Balaban J connectivity index is 1.36. The van der Waals surface area contributed by atoms with Crippen LogP contribution in [0, 0.1) is 0 Å². The van der Waals surface area contributed by atoms with E-state index in [1.807, 2.05) is 48.2 Å². The summed E-state index contributed by atoms with van der Waals surface area (Å²) in [4.78, 5) is 34.7. The Morgan fingerprint density at radius 2 is 1.88 bits per heavy atom. The van der Waals surface area contributed by atoms with Gasteiger partial charge in [0.15, 0.2) is 5.16 Å². The van der Waals surface area contributed by atoms with Crippen molar-refractivity contribution >= 4 is 40.2 Å². The fraction of sp³-hybridized carbons (Fsp3) is 0.375. The molecule has 2 aromatic carbocycles. The van der Waals surface area contributed by atoms with E-state index in [-0.39, 0.29) is 17.2 Å². The summed E-state index contributed by atoms with van der Waals surface area (Å²) in [6.07, 6.45) is 0.829. The van der Waals surface area contributed by atoms with E-state index in [0.29, 0.717) is 35.7 Å². The van der Waals surface area contributed by atoms with E-state index in [0.717, 1.165) is 31.1 Å². The van der Waals surface area contributed by atoms with E-state index in [9.17, 15) is 9.59 Å². The minimum absolute atomic E-state index is 0.0398. The van der Waals surface area contributed by atoms with Crippen molar-refractivity contribution in [1.82, 2.24) is 19.4 Å². The number of para-hydroxylation sites is 1. The molecule has 0 radical (unpaired) electrons. The minimum Gasteiger partial charge on any atom is -0.339 e. The number of benzene rings is 2. The summed E-state index contributed by atoms with van der Waals surface area (Å²) in [5, 5.41) is 1.98. The molecule has 1 amide bonds. The first kappa shape index (κ1) is 22.8. The summed E-state index contributed by atoms with van der Waals surface area (Å²) in [6.45, 7) is 6.52. The number of halogens is 1. The number of rotatable bonds is 7. The van der Waals surface area contributed by atoms with Crippen molar-refractivity contribution in [2.45, 2.75) is 31.6 Å². The summed E-state index contributed by atoms with van der Waals surface area (Å²) in [6, 6.07) is 15.3. The first-order chi connectivity index (χ1) is 15.5. The van der Waals surface area contributed by atoms with Crippen molar-refractivity contribution in [2.24, 2.45) is 0 Å². The predicted molar refractivity (Wildman–Crippen MR) is 130 cm³/mol. The van der Waals surface area contributed by atoms with Crippen molar-refractivity contribution in [3.8, 4) is 0 Å². The number of hydrogen-bond acceptors (Lipinski definition) is 5. The highest BCUT2D eigenvalue weighted by molar-refractivity contribution is 7.99. The highest BCUT2D eigenvalue weighted by Gasteiger charge is 2.22. The second kappa shape index (κ2) is 10.5. The Kier molecular flexibility index (Phi) is 7.50. The van der Waals surface area contributed by atoms with Gasteiger partial charge in [0.2, 0.25) is 5.91 Å². The number of carbonyl (C=O) groups excluding carboxylic acids is 1. The van der Waals surface area contributed by atoms with Gasteiger partial charge >= 0.3 is 0 Å². The zero-order valence-electron chi connectivity index (χ0n) is 18.2. The number of hydrogen-bond donors (Lipinski definition) is 0. The highest BCUT2D eigenvalue weighted by Crippen LogP contribution is 2.20. The van der Waals surface area contributed by atoms with E-state index in [4.69, 9.17) is 11.6 Å². The van der Waals surface area contributed by atoms with Gasteiger partial charge in [-0.25, -0.2) is 4.98 Å². The topological polar surface area (TPSA) is 58.4 Å². The van der Waals surface area contributed by atoms with Crippen LogP contribution in [0.5, 0.6) is 0 Å². The van der Waals surface area contributed by atoms with Crippen LogP contribution in [0.1, 0.15) is 18.9 Å². The van der Waals surface area contributed by atoms with Crippen LogP contribution in [0.25, 0.3) is 10.9 Å². The molecule has 0 N–H and O–H groups in total. The quantitative estimate of drug-likeness (QED) is 0.387. The standard InChI is InChI=1S/C24H27ClN4O2S/c1-2-10-29-23(31)20-8-3-4-9-21(20)26-24(29)32-17-22(30)28-13-11-27(12-14-28)16-18-6-5-7-19(25)15-18/h3-9,15H,2,10-14,16-17H2,1H3. The van der Waals surface area contributed by atoms with Crippen LogP contribution in [0.3, 0.4) is 0 Å². The van der Waals surface area contributed by atoms with Crippen LogP contribution in [-0.4, -0.2) is 57.2 Å². The molecule has 8 heteroatoms. The van der Waals surface area contributed by atoms with E-state index in [1.54, 1.807) is 10.6 Å². The molecule has 0 saturated carbocycles. The molecule has 32 heavy (non-hydrogen) atoms. The lowest BCUT2D eigenvalue weighted by Crippen LogP contribution is -2.48. The normalized spacial score (nSPS) is 14.8. The molecule has 6 nitrogen and oxygen atoms in total. The molecule has 0 atom stereocenters. The van der Waals surface area contributed by atoms with Crippen LogP contribution in [0.2, 0.25) is 5.02 Å². The van der Waals surface area contributed by atoms with Crippen LogP contribution < -0.4 is 5.56 Å². The Labute approximate surface area is 197 Å². The summed E-state index contributed by atoms with van der Waals surface area (Å²) in [5.41, 5.74) is 1.82. The summed E-state index contributed by atoms with van der Waals surface area (Å²) >= 11 is 7.44. The average Bonchev–Trinajstić information content (AvgIpc) is 2.80. The average molecular weight is 471 g/mol. The maximum Gasteiger partial charge on any atom is 0.262 e. The number of nitrogens with zero attached hydrogens (tertiary/aromatic N) is 4. The lowest BCUT2D eigenvalue weighted by Gasteiger charge is -2.34. The Bertz CT molecular complexity index is 1160. The highest BCUT2D eigenvalue weighted by atomic mass is 35.5. The third-order valence-electron chi connectivity index (χ3n) is 5.62. The van der Waals surface area contributed by atoms with Gasteiger partial charge in [-0.2, -0.15) is 0 Å². The van der Waals surface area contributed by atoms with E-state index >= 15 is 0 Å². The van der Waals surface area contributed by atoms with Gasteiger partial charge in [0.1, 0.15) is 0 Å². The Morgan fingerprint density at radius 1 is 1.09 bits per heavy atom. The lowest BCUT2D eigenvalue weighted by atomic mass is 10.2.